The number of aromatic nitrogens is 2. The van der Waals surface area contributed by atoms with Crippen LogP contribution in [0.2, 0.25) is 0 Å². The van der Waals surface area contributed by atoms with Crippen molar-refractivity contribution in [1.82, 2.24) is 15.1 Å². The van der Waals surface area contributed by atoms with Crippen LogP contribution in [0.15, 0.2) is 36.5 Å². The number of carboxylic acids is 1. The van der Waals surface area contributed by atoms with E-state index < -0.39 is 11.9 Å². The van der Waals surface area contributed by atoms with Crippen LogP contribution in [0, 0.1) is 12.8 Å². The summed E-state index contributed by atoms with van der Waals surface area (Å²) in [5.41, 5.74) is 2.11. The van der Waals surface area contributed by atoms with Crippen molar-refractivity contribution in [2.75, 3.05) is 0 Å². The number of para-hydroxylation sites is 1. The molecule has 1 aromatic carbocycles. The number of carbonyl (C=O) groups is 2. The van der Waals surface area contributed by atoms with E-state index in [1.165, 1.54) is 0 Å². The van der Waals surface area contributed by atoms with E-state index in [-0.39, 0.29) is 11.9 Å². The summed E-state index contributed by atoms with van der Waals surface area (Å²) in [6.07, 6.45) is 5.72. The number of carboxylic acid groups (broad SMARTS) is 1. The van der Waals surface area contributed by atoms with Crippen LogP contribution < -0.4 is 5.32 Å². The van der Waals surface area contributed by atoms with E-state index >= 15 is 0 Å². The molecule has 3 rings (SSSR count). The van der Waals surface area contributed by atoms with Gasteiger partial charge in [0, 0.05) is 6.04 Å². The minimum absolute atomic E-state index is 0.252. The molecule has 2 aromatic rings. The van der Waals surface area contributed by atoms with Gasteiger partial charge in [0.15, 0.2) is 0 Å². The van der Waals surface area contributed by atoms with Gasteiger partial charge in [-0.25, -0.2) is 4.68 Å². The average Bonchev–Trinajstić information content (AvgIpc) is 2.83. The molecule has 1 aromatic heterocycles. The highest BCUT2D eigenvalue weighted by Crippen LogP contribution is 2.24. The molecule has 0 saturated heterocycles. The van der Waals surface area contributed by atoms with Gasteiger partial charge in [-0.1, -0.05) is 37.5 Å². The van der Waals surface area contributed by atoms with Crippen LogP contribution in [0.4, 0.5) is 0 Å². The fourth-order valence-corrected chi connectivity index (χ4v) is 3.48. The van der Waals surface area contributed by atoms with Gasteiger partial charge < -0.3 is 10.4 Å². The molecule has 2 N–H and O–H groups in total. The summed E-state index contributed by atoms with van der Waals surface area (Å²) in [6.45, 7) is 1.84. The Morgan fingerprint density at radius 1 is 1.16 bits per heavy atom. The Kier molecular flexibility index (Phi) is 5.16. The van der Waals surface area contributed by atoms with Crippen LogP contribution in [0.5, 0.6) is 0 Å². The monoisotopic (exact) mass is 341 g/mol. The Hall–Kier alpha value is -2.63. The molecule has 0 radical (unpaired) electrons. The number of aliphatic carboxylic acids is 1. The van der Waals surface area contributed by atoms with Crippen molar-refractivity contribution >= 4 is 11.9 Å². The number of hydrogen-bond donors (Lipinski definition) is 2. The molecule has 0 unspecified atom stereocenters. The third-order valence-corrected chi connectivity index (χ3v) is 4.90. The van der Waals surface area contributed by atoms with E-state index in [0.29, 0.717) is 18.4 Å². The highest BCUT2D eigenvalue weighted by atomic mass is 16.4. The van der Waals surface area contributed by atoms with Crippen LogP contribution >= 0.6 is 0 Å². The van der Waals surface area contributed by atoms with Gasteiger partial charge in [0.25, 0.3) is 5.91 Å². The van der Waals surface area contributed by atoms with Gasteiger partial charge in [-0.05, 0) is 31.9 Å². The molecule has 6 heteroatoms. The lowest BCUT2D eigenvalue weighted by Gasteiger charge is -2.22. The van der Waals surface area contributed by atoms with Gasteiger partial charge in [0.1, 0.15) is 0 Å². The molecule has 1 amide bonds. The van der Waals surface area contributed by atoms with Gasteiger partial charge in [0.05, 0.1) is 29.1 Å². The Morgan fingerprint density at radius 3 is 2.60 bits per heavy atom. The molecule has 25 heavy (non-hydrogen) atoms. The summed E-state index contributed by atoms with van der Waals surface area (Å²) >= 11 is 0. The maximum atomic E-state index is 12.7. The number of rotatable bonds is 4. The summed E-state index contributed by atoms with van der Waals surface area (Å²) in [5, 5.41) is 16.7. The second-order valence-electron chi connectivity index (χ2n) is 6.55. The number of carbonyl (C=O) groups excluding carboxylic acids is 1. The van der Waals surface area contributed by atoms with Gasteiger partial charge in [-0.15, -0.1) is 0 Å². The first-order valence-corrected chi connectivity index (χ1v) is 8.71. The fraction of sp³-hybridized carbons (Fsp3) is 0.421. The Morgan fingerprint density at radius 2 is 1.88 bits per heavy atom. The minimum atomic E-state index is -0.830. The molecule has 0 bridgehead atoms. The first kappa shape index (κ1) is 17.2. The second-order valence-corrected chi connectivity index (χ2v) is 6.55. The van der Waals surface area contributed by atoms with Crippen LogP contribution in [-0.4, -0.2) is 32.8 Å². The van der Waals surface area contributed by atoms with Crippen molar-refractivity contribution in [2.45, 2.75) is 45.1 Å². The standard InChI is InChI=1S/C19H23N3O3/c1-13-16(12-20-22(13)14-8-4-2-5-9-14)18(23)21-17-11-7-3-6-10-15(17)19(24)25/h2,4-5,8-9,12,15,17H,3,6-7,10-11H2,1H3,(H,21,23)(H,24,25)/t15-,17+/m0/s1. The van der Waals surface area contributed by atoms with Crippen molar-refractivity contribution in [1.29, 1.82) is 0 Å². The maximum absolute atomic E-state index is 12.7. The Bertz CT molecular complexity index is 755. The zero-order chi connectivity index (χ0) is 17.8. The lowest BCUT2D eigenvalue weighted by atomic mass is 9.94. The summed E-state index contributed by atoms with van der Waals surface area (Å²) in [4.78, 5) is 24.2. The summed E-state index contributed by atoms with van der Waals surface area (Å²) < 4.78 is 1.72. The average molecular weight is 341 g/mol. The third kappa shape index (κ3) is 3.73. The molecule has 2 atom stereocenters. The van der Waals surface area contributed by atoms with E-state index in [4.69, 9.17) is 0 Å². The molecule has 1 aliphatic carbocycles. The van der Waals surface area contributed by atoms with Gasteiger partial charge >= 0.3 is 5.97 Å². The normalized spacial score (nSPS) is 20.7. The van der Waals surface area contributed by atoms with E-state index in [1.54, 1.807) is 10.9 Å². The first-order valence-electron chi connectivity index (χ1n) is 8.71. The number of hydrogen-bond acceptors (Lipinski definition) is 3. The molecule has 1 fully saturated rings. The molecule has 1 aliphatic rings. The van der Waals surface area contributed by atoms with E-state index in [2.05, 4.69) is 10.4 Å². The van der Waals surface area contributed by atoms with Crippen LogP contribution in [-0.2, 0) is 4.79 Å². The summed E-state index contributed by atoms with van der Waals surface area (Å²) in [7, 11) is 0. The van der Waals surface area contributed by atoms with E-state index in [0.717, 1.165) is 30.6 Å². The summed E-state index contributed by atoms with van der Waals surface area (Å²) in [6, 6.07) is 9.28. The maximum Gasteiger partial charge on any atom is 0.308 e. The SMILES string of the molecule is Cc1c(C(=O)N[C@@H]2CCCCC[C@@H]2C(=O)O)cnn1-c1ccccc1. The second kappa shape index (κ2) is 7.51. The molecule has 6 nitrogen and oxygen atoms in total. The quantitative estimate of drug-likeness (QED) is 0.838. The minimum Gasteiger partial charge on any atom is -0.481 e. The van der Waals surface area contributed by atoms with Crippen LogP contribution in [0.3, 0.4) is 0 Å². The van der Waals surface area contributed by atoms with Gasteiger partial charge in [0.2, 0.25) is 0 Å². The van der Waals surface area contributed by atoms with Crippen molar-refractivity contribution < 1.29 is 14.7 Å². The highest BCUT2D eigenvalue weighted by Gasteiger charge is 2.31. The largest absolute Gasteiger partial charge is 0.481 e. The third-order valence-electron chi connectivity index (χ3n) is 4.90. The zero-order valence-corrected chi connectivity index (χ0v) is 14.3. The number of benzene rings is 1. The Balaban J connectivity index is 1.79. The van der Waals surface area contributed by atoms with E-state index in [9.17, 15) is 14.7 Å². The molecule has 1 saturated carbocycles. The topological polar surface area (TPSA) is 84.2 Å². The van der Waals surface area contributed by atoms with Crippen molar-refractivity contribution in [2.24, 2.45) is 5.92 Å². The van der Waals surface area contributed by atoms with Crippen molar-refractivity contribution in [3.8, 4) is 5.69 Å². The number of nitrogens with one attached hydrogen (secondary N) is 1. The van der Waals surface area contributed by atoms with Gasteiger partial charge in [-0.3, -0.25) is 9.59 Å². The predicted octanol–water partition coefficient (Wildman–Crippen LogP) is 2.94. The summed E-state index contributed by atoms with van der Waals surface area (Å²) in [5.74, 6) is -1.60. The molecule has 1 heterocycles. The molecule has 0 aliphatic heterocycles. The smallest absolute Gasteiger partial charge is 0.308 e. The van der Waals surface area contributed by atoms with Crippen molar-refractivity contribution in [3.63, 3.8) is 0 Å². The van der Waals surface area contributed by atoms with Crippen LogP contribution in [0.25, 0.3) is 5.69 Å². The van der Waals surface area contributed by atoms with Crippen LogP contribution in [0.1, 0.15) is 48.2 Å². The molecular weight excluding hydrogens is 318 g/mol. The number of nitrogens with zero attached hydrogens (tertiary/aromatic N) is 2. The van der Waals surface area contributed by atoms with Crippen molar-refractivity contribution in [3.05, 3.63) is 47.8 Å². The lowest BCUT2D eigenvalue weighted by Crippen LogP contribution is -2.43. The predicted molar refractivity (Wildman–Crippen MR) is 93.8 cm³/mol. The zero-order valence-electron chi connectivity index (χ0n) is 14.3. The molecule has 132 valence electrons. The number of amides is 1. The lowest BCUT2D eigenvalue weighted by molar-refractivity contribution is -0.142. The first-order chi connectivity index (χ1) is 12.1. The fourth-order valence-electron chi connectivity index (χ4n) is 3.48. The highest BCUT2D eigenvalue weighted by molar-refractivity contribution is 5.95. The van der Waals surface area contributed by atoms with Gasteiger partial charge in [-0.2, -0.15) is 5.10 Å². The molecule has 0 spiro atoms. The molecular formula is C19H23N3O3. The van der Waals surface area contributed by atoms with E-state index in [1.807, 2.05) is 37.3 Å². The Labute approximate surface area is 146 Å².